The smallest absolute Gasteiger partial charge is 0.274 e. The molecule has 7 heteroatoms. The van der Waals surface area contributed by atoms with Crippen molar-refractivity contribution in [1.82, 2.24) is 15.0 Å². The van der Waals surface area contributed by atoms with Crippen LogP contribution in [0, 0.1) is 5.82 Å². The first-order valence-electron chi connectivity index (χ1n) is 6.63. The fourth-order valence-electron chi connectivity index (χ4n) is 1.96. The maximum absolute atomic E-state index is 14.1. The average molecular weight is 329 g/mol. The number of hydrogen-bond acceptors (Lipinski definition) is 4. The highest BCUT2D eigenvalue weighted by molar-refractivity contribution is 6.31. The minimum absolute atomic E-state index is 0.0116. The second-order valence-corrected chi connectivity index (χ2v) is 4.99. The number of benzene rings is 1. The standard InChI is InChI=1S/C16H10ClFN4O/c17-12-5-1-4-11(15(12)18)13-7-14(21-9-20-13)16(23)22-10-3-2-6-19-8-10/h1-9H,(H,22,23). The van der Waals surface area contributed by atoms with Crippen LogP contribution >= 0.6 is 11.6 Å². The molecular formula is C16H10ClFN4O. The van der Waals surface area contributed by atoms with E-state index in [0.29, 0.717) is 5.69 Å². The van der Waals surface area contributed by atoms with E-state index in [4.69, 9.17) is 11.6 Å². The number of carbonyl (C=O) groups excluding carboxylic acids is 1. The number of halogens is 2. The molecule has 0 bridgehead atoms. The van der Waals surface area contributed by atoms with E-state index in [9.17, 15) is 9.18 Å². The highest BCUT2D eigenvalue weighted by atomic mass is 35.5. The summed E-state index contributed by atoms with van der Waals surface area (Å²) in [4.78, 5) is 24.0. The molecule has 0 saturated heterocycles. The van der Waals surface area contributed by atoms with Crippen LogP contribution in [-0.4, -0.2) is 20.9 Å². The number of aromatic nitrogens is 3. The minimum Gasteiger partial charge on any atom is -0.319 e. The molecular weight excluding hydrogens is 319 g/mol. The molecule has 0 aliphatic carbocycles. The lowest BCUT2D eigenvalue weighted by molar-refractivity contribution is 0.102. The fraction of sp³-hybridized carbons (Fsp3) is 0. The van der Waals surface area contributed by atoms with Gasteiger partial charge in [0.1, 0.15) is 12.0 Å². The molecule has 23 heavy (non-hydrogen) atoms. The Morgan fingerprint density at radius 2 is 2.04 bits per heavy atom. The second kappa shape index (κ2) is 6.50. The molecule has 3 rings (SSSR count). The van der Waals surface area contributed by atoms with Crippen molar-refractivity contribution in [3.05, 3.63) is 71.7 Å². The van der Waals surface area contributed by atoms with Gasteiger partial charge in [-0.2, -0.15) is 0 Å². The third-order valence-electron chi connectivity index (χ3n) is 3.05. The third-order valence-corrected chi connectivity index (χ3v) is 3.34. The van der Waals surface area contributed by atoms with E-state index in [1.807, 2.05) is 0 Å². The zero-order valence-corrected chi connectivity index (χ0v) is 12.5. The molecule has 2 aromatic heterocycles. The molecule has 0 radical (unpaired) electrons. The van der Waals surface area contributed by atoms with Gasteiger partial charge >= 0.3 is 0 Å². The highest BCUT2D eigenvalue weighted by Crippen LogP contribution is 2.26. The summed E-state index contributed by atoms with van der Waals surface area (Å²) in [5.41, 5.74) is 1.12. The van der Waals surface area contributed by atoms with Crippen molar-refractivity contribution in [1.29, 1.82) is 0 Å². The van der Waals surface area contributed by atoms with Crippen LogP contribution in [0.25, 0.3) is 11.3 Å². The predicted octanol–water partition coefficient (Wildman–Crippen LogP) is 3.58. The van der Waals surface area contributed by atoms with Crippen molar-refractivity contribution in [3.63, 3.8) is 0 Å². The summed E-state index contributed by atoms with van der Waals surface area (Å²) in [6, 6.07) is 9.38. The van der Waals surface area contributed by atoms with Crippen LogP contribution in [0.2, 0.25) is 5.02 Å². The Labute approximate surface area is 136 Å². The van der Waals surface area contributed by atoms with Gasteiger partial charge < -0.3 is 5.32 Å². The Kier molecular flexibility index (Phi) is 4.25. The van der Waals surface area contributed by atoms with Crippen LogP contribution in [0.3, 0.4) is 0 Å². The topological polar surface area (TPSA) is 67.8 Å². The van der Waals surface area contributed by atoms with Gasteiger partial charge in [0.15, 0.2) is 5.82 Å². The largest absolute Gasteiger partial charge is 0.319 e. The molecule has 2 heterocycles. The highest BCUT2D eigenvalue weighted by Gasteiger charge is 2.14. The molecule has 0 fully saturated rings. The van der Waals surface area contributed by atoms with Crippen LogP contribution in [0.4, 0.5) is 10.1 Å². The van der Waals surface area contributed by atoms with Crippen LogP contribution < -0.4 is 5.32 Å². The third kappa shape index (κ3) is 3.32. The molecule has 1 N–H and O–H groups in total. The lowest BCUT2D eigenvalue weighted by Crippen LogP contribution is -2.14. The number of hydrogen-bond donors (Lipinski definition) is 1. The molecule has 3 aromatic rings. The Balaban J connectivity index is 1.91. The zero-order chi connectivity index (χ0) is 16.2. The van der Waals surface area contributed by atoms with Crippen LogP contribution in [0.1, 0.15) is 10.5 Å². The fourth-order valence-corrected chi connectivity index (χ4v) is 2.14. The summed E-state index contributed by atoms with van der Waals surface area (Å²) in [7, 11) is 0. The molecule has 0 atom stereocenters. The first-order chi connectivity index (χ1) is 11.1. The SMILES string of the molecule is O=C(Nc1cccnc1)c1cc(-c2cccc(Cl)c2F)ncn1. The predicted molar refractivity (Wildman–Crippen MR) is 84.6 cm³/mol. The van der Waals surface area contributed by atoms with Gasteiger partial charge in [0, 0.05) is 11.8 Å². The van der Waals surface area contributed by atoms with Gasteiger partial charge in [-0.05, 0) is 30.3 Å². The molecule has 0 saturated carbocycles. The number of nitrogens with one attached hydrogen (secondary N) is 1. The Morgan fingerprint density at radius 1 is 1.17 bits per heavy atom. The Hall–Kier alpha value is -2.86. The van der Waals surface area contributed by atoms with Crippen molar-refractivity contribution < 1.29 is 9.18 Å². The molecule has 0 spiro atoms. The quantitative estimate of drug-likeness (QED) is 0.798. The Morgan fingerprint density at radius 3 is 2.83 bits per heavy atom. The molecule has 1 amide bonds. The van der Waals surface area contributed by atoms with Gasteiger partial charge in [-0.25, -0.2) is 14.4 Å². The number of amides is 1. The Bertz CT molecular complexity index is 858. The van der Waals surface area contributed by atoms with E-state index >= 15 is 0 Å². The number of pyridine rings is 1. The minimum atomic E-state index is -0.591. The first-order valence-corrected chi connectivity index (χ1v) is 7.01. The summed E-state index contributed by atoms with van der Waals surface area (Å²) in [5.74, 6) is -1.03. The first kappa shape index (κ1) is 15.1. The van der Waals surface area contributed by atoms with Crippen molar-refractivity contribution >= 4 is 23.2 Å². The summed E-state index contributed by atoms with van der Waals surface area (Å²) in [6.07, 6.45) is 4.31. The van der Waals surface area contributed by atoms with Crippen molar-refractivity contribution in [2.45, 2.75) is 0 Å². The van der Waals surface area contributed by atoms with Gasteiger partial charge in [-0.3, -0.25) is 9.78 Å². The zero-order valence-electron chi connectivity index (χ0n) is 11.7. The molecule has 0 aliphatic rings. The molecule has 1 aromatic carbocycles. The maximum atomic E-state index is 14.1. The summed E-state index contributed by atoms with van der Waals surface area (Å²) in [5, 5.41) is 2.64. The van der Waals surface area contributed by atoms with E-state index < -0.39 is 11.7 Å². The van der Waals surface area contributed by atoms with Gasteiger partial charge in [0.05, 0.1) is 22.6 Å². The second-order valence-electron chi connectivity index (χ2n) is 4.59. The van der Waals surface area contributed by atoms with Crippen LogP contribution in [0.5, 0.6) is 0 Å². The van der Waals surface area contributed by atoms with Gasteiger partial charge in [-0.15, -0.1) is 0 Å². The van der Waals surface area contributed by atoms with E-state index in [-0.39, 0.29) is 22.0 Å². The van der Waals surface area contributed by atoms with E-state index in [1.165, 1.54) is 30.7 Å². The summed E-state index contributed by atoms with van der Waals surface area (Å²) >= 11 is 5.77. The van der Waals surface area contributed by atoms with Crippen molar-refractivity contribution in [3.8, 4) is 11.3 Å². The van der Waals surface area contributed by atoms with Gasteiger partial charge in [-0.1, -0.05) is 17.7 Å². The van der Waals surface area contributed by atoms with E-state index in [2.05, 4.69) is 20.3 Å². The van der Waals surface area contributed by atoms with Crippen LogP contribution in [-0.2, 0) is 0 Å². The number of nitrogens with zero attached hydrogens (tertiary/aromatic N) is 3. The molecule has 114 valence electrons. The normalized spacial score (nSPS) is 10.3. The maximum Gasteiger partial charge on any atom is 0.274 e. The molecule has 5 nitrogen and oxygen atoms in total. The van der Waals surface area contributed by atoms with Gasteiger partial charge in [0.2, 0.25) is 0 Å². The number of anilines is 1. The van der Waals surface area contributed by atoms with E-state index in [1.54, 1.807) is 24.4 Å². The lowest BCUT2D eigenvalue weighted by atomic mass is 10.1. The van der Waals surface area contributed by atoms with E-state index in [0.717, 1.165) is 0 Å². The molecule has 0 unspecified atom stereocenters. The molecule has 0 aliphatic heterocycles. The number of rotatable bonds is 3. The van der Waals surface area contributed by atoms with Gasteiger partial charge in [0.25, 0.3) is 5.91 Å². The summed E-state index contributed by atoms with van der Waals surface area (Å²) in [6.45, 7) is 0. The average Bonchev–Trinajstić information content (AvgIpc) is 2.58. The lowest BCUT2D eigenvalue weighted by Gasteiger charge is -2.07. The van der Waals surface area contributed by atoms with Crippen molar-refractivity contribution in [2.24, 2.45) is 0 Å². The van der Waals surface area contributed by atoms with Crippen LogP contribution in [0.15, 0.2) is 55.1 Å². The number of carbonyl (C=O) groups is 1. The monoisotopic (exact) mass is 328 g/mol. The van der Waals surface area contributed by atoms with Crippen molar-refractivity contribution in [2.75, 3.05) is 5.32 Å². The summed E-state index contributed by atoms with van der Waals surface area (Å²) < 4.78 is 14.1.